The van der Waals surface area contributed by atoms with Gasteiger partial charge in [-0.2, -0.15) is 0 Å². The fraction of sp³-hybridized carbons (Fsp3) is 0.464. The Morgan fingerprint density at radius 1 is 1.05 bits per heavy atom. The number of urea groups is 1. The molecule has 2 saturated heterocycles. The Bertz CT molecular complexity index is 1220. The number of amides is 4. The van der Waals surface area contributed by atoms with Crippen molar-refractivity contribution >= 4 is 46.5 Å². The third-order valence-corrected chi connectivity index (χ3v) is 8.29. The number of hydrogen-bond acceptors (Lipinski definition) is 4. The Hall–Kier alpha value is -3.17. The van der Waals surface area contributed by atoms with Crippen molar-refractivity contribution in [3.63, 3.8) is 0 Å². The van der Waals surface area contributed by atoms with Crippen molar-refractivity contribution in [2.24, 2.45) is 0 Å². The zero-order valence-corrected chi connectivity index (χ0v) is 22.1. The Kier molecular flexibility index (Phi) is 7.59. The summed E-state index contributed by atoms with van der Waals surface area (Å²) in [5.41, 5.74) is 0.827. The normalized spacial score (nSPS) is 22.7. The number of nitrogens with one attached hydrogen (secondary N) is 2. The van der Waals surface area contributed by atoms with Gasteiger partial charge in [0.1, 0.15) is 11.9 Å². The predicted octanol–water partition coefficient (Wildman–Crippen LogP) is 5.57. The van der Waals surface area contributed by atoms with E-state index in [0.717, 1.165) is 38.5 Å². The maximum Gasteiger partial charge on any atom is 0.322 e. The molecule has 10 heteroatoms. The summed E-state index contributed by atoms with van der Waals surface area (Å²) < 4.78 is 20.7. The van der Waals surface area contributed by atoms with Crippen LogP contribution in [0.3, 0.4) is 0 Å². The highest BCUT2D eigenvalue weighted by molar-refractivity contribution is 6.30. The maximum absolute atomic E-state index is 15.3. The summed E-state index contributed by atoms with van der Waals surface area (Å²) in [4.78, 5) is 42.2. The number of carbonyl (C=O) groups excluding carboxylic acids is 3. The van der Waals surface area contributed by atoms with Gasteiger partial charge in [0.25, 0.3) is 0 Å². The van der Waals surface area contributed by atoms with Gasteiger partial charge < -0.3 is 25.2 Å². The molecule has 1 aliphatic carbocycles. The first-order valence-corrected chi connectivity index (χ1v) is 13.5. The lowest BCUT2D eigenvalue weighted by atomic mass is 9.79. The van der Waals surface area contributed by atoms with Crippen LogP contribution in [0.25, 0.3) is 0 Å². The molecule has 1 spiro atoms. The van der Waals surface area contributed by atoms with E-state index in [4.69, 9.17) is 16.3 Å². The topological polar surface area (TPSA) is 91.0 Å². The number of halogens is 2. The maximum atomic E-state index is 15.3. The molecule has 2 aliphatic heterocycles. The molecule has 3 aliphatic rings. The van der Waals surface area contributed by atoms with Crippen molar-refractivity contribution in [1.82, 2.24) is 4.90 Å². The quantitative estimate of drug-likeness (QED) is 0.517. The van der Waals surface area contributed by atoms with Gasteiger partial charge in [0.15, 0.2) is 0 Å². The lowest BCUT2D eigenvalue weighted by Crippen LogP contribution is -2.47. The lowest BCUT2D eigenvalue weighted by Gasteiger charge is -2.41. The van der Waals surface area contributed by atoms with Gasteiger partial charge in [0.05, 0.1) is 11.8 Å². The van der Waals surface area contributed by atoms with E-state index in [1.54, 1.807) is 35.2 Å². The Labute approximate surface area is 226 Å². The fourth-order valence-electron chi connectivity index (χ4n) is 6.06. The van der Waals surface area contributed by atoms with Crippen molar-refractivity contribution in [3.8, 4) is 0 Å². The van der Waals surface area contributed by atoms with Gasteiger partial charge in [-0.05, 0) is 61.7 Å². The zero-order chi connectivity index (χ0) is 26.9. The van der Waals surface area contributed by atoms with Crippen molar-refractivity contribution < 1.29 is 23.5 Å². The first-order valence-electron chi connectivity index (χ1n) is 13.1. The van der Waals surface area contributed by atoms with Crippen LogP contribution in [-0.2, 0) is 14.3 Å². The number of methoxy groups -OCH3 is 1. The number of nitrogens with zero attached hydrogens (tertiary/aromatic N) is 2. The highest BCUT2D eigenvalue weighted by atomic mass is 35.5. The van der Waals surface area contributed by atoms with Gasteiger partial charge in [-0.25, -0.2) is 9.18 Å². The highest BCUT2D eigenvalue weighted by Crippen LogP contribution is 2.45. The molecule has 0 unspecified atom stereocenters. The summed E-state index contributed by atoms with van der Waals surface area (Å²) >= 11 is 5.92. The predicted molar refractivity (Wildman–Crippen MR) is 144 cm³/mol. The van der Waals surface area contributed by atoms with Crippen LogP contribution >= 0.6 is 11.6 Å². The molecule has 0 radical (unpaired) electrons. The molecular formula is C28H32ClFN4O4. The summed E-state index contributed by atoms with van der Waals surface area (Å²) in [7, 11) is 1.53. The van der Waals surface area contributed by atoms with E-state index >= 15 is 4.39 Å². The minimum absolute atomic E-state index is 0.00187. The van der Waals surface area contributed by atoms with E-state index in [-0.39, 0.29) is 36.2 Å². The Balaban J connectivity index is 1.30. The number of benzene rings is 2. The van der Waals surface area contributed by atoms with E-state index in [1.807, 2.05) is 0 Å². The zero-order valence-electron chi connectivity index (χ0n) is 21.3. The molecule has 2 N–H and O–H groups in total. The molecule has 2 heterocycles. The van der Waals surface area contributed by atoms with E-state index in [1.165, 1.54) is 24.1 Å². The summed E-state index contributed by atoms with van der Waals surface area (Å²) in [5.74, 6) is -1.12. The molecule has 1 saturated carbocycles. The molecule has 0 aromatic heterocycles. The second kappa shape index (κ2) is 10.9. The number of anilines is 3. The molecule has 5 rings (SSSR count). The van der Waals surface area contributed by atoms with Crippen molar-refractivity contribution in [2.45, 2.75) is 69.1 Å². The summed E-state index contributed by atoms with van der Waals surface area (Å²) in [6.07, 6.45) is 6.34. The van der Waals surface area contributed by atoms with E-state index in [9.17, 15) is 14.4 Å². The SMILES string of the molecule is CO[C@@H]1C[C@H](C(=O)Nc2ccc(N3C(=O)CCC34CCCCC4)cc2F)N(C(=O)Nc2ccc(Cl)cc2)C1. The molecule has 0 bridgehead atoms. The van der Waals surface area contributed by atoms with E-state index in [2.05, 4.69) is 10.6 Å². The van der Waals surface area contributed by atoms with Crippen LogP contribution in [0, 0.1) is 5.82 Å². The summed E-state index contributed by atoms with van der Waals surface area (Å²) in [6, 6.07) is 9.83. The van der Waals surface area contributed by atoms with E-state index in [0.29, 0.717) is 22.8 Å². The average Bonchev–Trinajstić information content (AvgIpc) is 3.49. The van der Waals surface area contributed by atoms with Crippen LogP contribution in [0.2, 0.25) is 5.02 Å². The number of hydrogen-bond donors (Lipinski definition) is 2. The lowest BCUT2D eigenvalue weighted by molar-refractivity contribution is -0.119. The van der Waals surface area contributed by atoms with Crippen molar-refractivity contribution in [2.75, 3.05) is 29.2 Å². The van der Waals surface area contributed by atoms with Gasteiger partial charge in [-0.3, -0.25) is 9.59 Å². The van der Waals surface area contributed by atoms with Gasteiger partial charge >= 0.3 is 6.03 Å². The van der Waals surface area contributed by atoms with Gasteiger partial charge in [-0.15, -0.1) is 0 Å². The Morgan fingerprint density at radius 3 is 2.47 bits per heavy atom. The van der Waals surface area contributed by atoms with Crippen LogP contribution in [0.5, 0.6) is 0 Å². The molecule has 2 aromatic rings. The monoisotopic (exact) mass is 542 g/mol. The third-order valence-electron chi connectivity index (χ3n) is 8.04. The molecule has 2 atom stereocenters. The standard InChI is InChI=1S/C28H32ClFN4O4/c1-38-21-16-24(33(17-21)27(37)31-19-7-5-18(29)6-8-19)26(36)32-23-10-9-20(15-22(23)30)34-25(35)11-14-28(34)12-3-2-4-13-28/h5-10,15,21,24H,2-4,11-14,16-17H2,1H3,(H,31,37)(H,32,36)/t21-,24-/m1/s1. The van der Waals surface area contributed by atoms with Crippen molar-refractivity contribution in [3.05, 3.63) is 53.3 Å². The fourth-order valence-corrected chi connectivity index (χ4v) is 6.19. The van der Waals surface area contributed by atoms with Crippen LogP contribution < -0.4 is 15.5 Å². The highest BCUT2D eigenvalue weighted by Gasteiger charge is 2.46. The first kappa shape index (κ1) is 26.4. The number of carbonyl (C=O) groups is 3. The number of ether oxygens (including phenoxy) is 1. The van der Waals surface area contributed by atoms with Crippen LogP contribution in [-0.4, -0.2) is 54.1 Å². The van der Waals surface area contributed by atoms with Gasteiger partial charge in [0.2, 0.25) is 11.8 Å². The molecule has 4 amide bonds. The van der Waals surface area contributed by atoms with Crippen molar-refractivity contribution in [1.29, 1.82) is 0 Å². The van der Waals surface area contributed by atoms with E-state index < -0.39 is 23.8 Å². The van der Waals surface area contributed by atoms with Gasteiger partial charge in [0, 0.05) is 48.4 Å². The minimum atomic E-state index is -0.850. The Morgan fingerprint density at radius 2 is 1.79 bits per heavy atom. The molecule has 8 nitrogen and oxygen atoms in total. The third kappa shape index (κ3) is 5.22. The molecule has 38 heavy (non-hydrogen) atoms. The largest absolute Gasteiger partial charge is 0.380 e. The van der Waals surface area contributed by atoms with Crippen LogP contribution in [0.1, 0.15) is 51.4 Å². The first-order chi connectivity index (χ1) is 18.3. The second-order valence-electron chi connectivity index (χ2n) is 10.4. The van der Waals surface area contributed by atoms with Gasteiger partial charge in [-0.1, -0.05) is 30.9 Å². The molecule has 2 aromatic carbocycles. The molecule has 3 fully saturated rings. The molecular weight excluding hydrogens is 511 g/mol. The molecule has 202 valence electrons. The summed E-state index contributed by atoms with van der Waals surface area (Å²) in [6.45, 7) is 0.217. The second-order valence-corrected chi connectivity index (χ2v) is 10.8. The number of rotatable bonds is 5. The average molecular weight is 543 g/mol. The smallest absolute Gasteiger partial charge is 0.322 e. The summed E-state index contributed by atoms with van der Waals surface area (Å²) in [5, 5.41) is 5.95. The van der Waals surface area contributed by atoms with Crippen LogP contribution in [0.4, 0.5) is 26.2 Å². The number of likely N-dealkylation sites (tertiary alicyclic amines) is 1. The van der Waals surface area contributed by atoms with Crippen LogP contribution in [0.15, 0.2) is 42.5 Å². The minimum Gasteiger partial charge on any atom is -0.380 e.